The molecule has 5 heteroatoms. The normalized spacial score (nSPS) is 9.65. The molecular formula is C15H15N3OS. The summed E-state index contributed by atoms with van der Waals surface area (Å²) in [5.74, 6) is 5.61. The van der Waals surface area contributed by atoms with Gasteiger partial charge in [-0.25, -0.2) is 0 Å². The van der Waals surface area contributed by atoms with E-state index in [9.17, 15) is 4.79 Å². The number of nitrogens with one attached hydrogen (secondary N) is 1. The third kappa shape index (κ3) is 4.19. The van der Waals surface area contributed by atoms with E-state index in [1.165, 1.54) is 11.3 Å². The summed E-state index contributed by atoms with van der Waals surface area (Å²) in [5.41, 5.74) is 7.06. The van der Waals surface area contributed by atoms with Gasteiger partial charge in [0, 0.05) is 24.3 Å². The highest BCUT2D eigenvalue weighted by molar-refractivity contribution is 7.10. The molecule has 2 aromatic rings. The Morgan fingerprint density at radius 1 is 1.50 bits per heavy atom. The van der Waals surface area contributed by atoms with Crippen molar-refractivity contribution in [1.29, 1.82) is 0 Å². The number of hydrogen-bond donors (Lipinski definition) is 2. The Morgan fingerprint density at radius 2 is 2.40 bits per heavy atom. The zero-order chi connectivity index (χ0) is 14.2. The molecular weight excluding hydrogens is 270 g/mol. The second-order valence-electron chi connectivity index (χ2n) is 4.07. The number of nitrogens with zero attached hydrogens (tertiary/aromatic N) is 1. The van der Waals surface area contributed by atoms with Gasteiger partial charge in [-0.2, -0.15) is 0 Å². The summed E-state index contributed by atoms with van der Waals surface area (Å²) >= 11 is 1.45. The largest absolute Gasteiger partial charge is 0.352 e. The zero-order valence-corrected chi connectivity index (χ0v) is 11.7. The van der Waals surface area contributed by atoms with Crippen molar-refractivity contribution in [2.75, 3.05) is 13.1 Å². The van der Waals surface area contributed by atoms with Gasteiger partial charge in [-0.05, 0) is 24.1 Å². The van der Waals surface area contributed by atoms with Gasteiger partial charge < -0.3 is 11.1 Å². The second kappa shape index (κ2) is 7.43. The summed E-state index contributed by atoms with van der Waals surface area (Å²) in [5, 5.41) is 4.69. The number of aromatic nitrogens is 1. The van der Waals surface area contributed by atoms with Gasteiger partial charge >= 0.3 is 0 Å². The molecule has 0 atom stereocenters. The van der Waals surface area contributed by atoms with Crippen molar-refractivity contribution in [3.63, 3.8) is 0 Å². The van der Waals surface area contributed by atoms with Gasteiger partial charge in [0.05, 0.1) is 17.0 Å². The maximum Gasteiger partial charge on any atom is 0.252 e. The van der Waals surface area contributed by atoms with Crippen LogP contribution in [0.25, 0.3) is 0 Å². The van der Waals surface area contributed by atoms with Gasteiger partial charge in [-0.3, -0.25) is 9.78 Å². The van der Waals surface area contributed by atoms with Gasteiger partial charge in [0.1, 0.15) is 0 Å². The van der Waals surface area contributed by atoms with Crippen LogP contribution < -0.4 is 11.1 Å². The van der Waals surface area contributed by atoms with Crippen LogP contribution in [0.4, 0.5) is 0 Å². The van der Waals surface area contributed by atoms with E-state index >= 15 is 0 Å². The van der Waals surface area contributed by atoms with Crippen LogP contribution in [0.15, 0.2) is 36.0 Å². The van der Waals surface area contributed by atoms with Gasteiger partial charge in [-0.15, -0.1) is 11.3 Å². The van der Waals surface area contributed by atoms with Crippen LogP contribution in [0.2, 0.25) is 0 Å². The Hall–Kier alpha value is -2.16. The van der Waals surface area contributed by atoms with Crippen molar-refractivity contribution in [3.05, 3.63) is 52.0 Å². The number of pyridine rings is 1. The quantitative estimate of drug-likeness (QED) is 0.835. The molecule has 0 radical (unpaired) electrons. The Bertz CT molecular complexity index is 625. The lowest BCUT2D eigenvalue weighted by molar-refractivity contribution is 0.0954. The minimum Gasteiger partial charge on any atom is -0.352 e. The van der Waals surface area contributed by atoms with E-state index in [0.717, 1.165) is 16.9 Å². The number of carbonyl (C=O) groups is 1. The molecule has 0 spiro atoms. The zero-order valence-electron chi connectivity index (χ0n) is 10.9. The van der Waals surface area contributed by atoms with E-state index in [1.54, 1.807) is 23.8 Å². The van der Waals surface area contributed by atoms with Gasteiger partial charge in [0.25, 0.3) is 5.91 Å². The van der Waals surface area contributed by atoms with Crippen molar-refractivity contribution in [1.82, 2.24) is 10.3 Å². The van der Waals surface area contributed by atoms with Gasteiger partial charge in [0.15, 0.2) is 0 Å². The number of nitrogens with two attached hydrogens (primary N) is 1. The van der Waals surface area contributed by atoms with E-state index < -0.39 is 0 Å². The molecule has 2 rings (SSSR count). The fourth-order valence-corrected chi connectivity index (χ4v) is 2.38. The molecule has 3 N–H and O–H groups in total. The summed E-state index contributed by atoms with van der Waals surface area (Å²) in [6.07, 6.45) is 4.30. The highest BCUT2D eigenvalue weighted by Crippen LogP contribution is 2.13. The first-order chi connectivity index (χ1) is 9.79. The highest BCUT2D eigenvalue weighted by atomic mass is 32.1. The molecule has 0 aliphatic heterocycles. The van der Waals surface area contributed by atoms with Crippen molar-refractivity contribution in [2.45, 2.75) is 6.42 Å². The molecule has 0 bridgehead atoms. The fraction of sp³-hybridized carbons (Fsp3) is 0.200. The maximum absolute atomic E-state index is 11.9. The molecule has 102 valence electrons. The predicted molar refractivity (Wildman–Crippen MR) is 80.5 cm³/mol. The summed E-state index contributed by atoms with van der Waals surface area (Å²) in [6.45, 7) is 0.911. The standard InChI is InChI=1S/C15H15N3OS/c16-6-1-4-14-9-13(11-20-14)15(19)18-8-5-12-3-2-7-17-10-12/h2-3,7,9-11H,5-6,8,16H2,(H,18,19). The van der Waals surface area contributed by atoms with Crippen LogP contribution in [0.3, 0.4) is 0 Å². The first-order valence-electron chi connectivity index (χ1n) is 6.24. The molecule has 1 amide bonds. The predicted octanol–water partition coefficient (Wildman–Crippen LogP) is 1.43. The van der Waals surface area contributed by atoms with Crippen molar-refractivity contribution >= 4 is 17.2 Å². The molecule has 0 aromatic carbocycles. The average molecular weight is 285 g/mol. The Labute approximate surface area is 122 Å². The smallest absolute Gasteiger partial charge is 0.252 e. The van der Waals surface area contributed by atoms with Gasteiger partial charge in [-0.1, -0.05) is 17.9 Å². The number of thiophene rings is 1. The molecule has 4 nitrogen and oxygen atoms in total. The van der Waals surface area contributed by atoms with Crippen LogP contribution >= 0.6 is 11.3 Å². The molecule has 0 aliphatic carbocycles. The summed E-state index contributed by atoms with van der Waals surface area (Å²) in [7, 11) is 0. The number of amides is 1. The lowest BCUT2D eigenvalue weighted by atomic mass is 10.2. The number of hydrogen-bond acceptors (Lipinski definition) is 4. The average Bonchev–Trinajstić information content (AvgIpc) is 2.95. The van der Waals surface area contributed by atoms with Crippen molar-refractivity contribution in [2.24, 2.45) is 5.73 Å². The first-order valence-corrected chi connectivity index (χ1v) is 7.12. The second-order valence-corrected chi connectivity index (χ2v) is 4.98. The molecule has 2 aromatic heterocycles. The van der Waals surface area contributed by atoms with Crippen LogP contribution in [-0.4, -0.2) is 24.0 Å². The summed E-state index contributed by atoms with van der Waals surface area (Å²) in [6, 6.07) is 5.66. The SMILES string of the molecule is NCC#Cc1cc(C(=O)NCCc2cccnc2)cs1. The topological polar surface area (TPSA) is 68.0 Å². The molecule has 20 heavy (non-hydrogen) atoms. The maximum atomic E-state index is 11.9. The Kier molecular flexibility index (Phi) is 5.30. The van der Waals surface area contributed by atoms with Crippen LogP contribution in [0.5, 0.6) is 0 Å². The Balaban J connectivity index is 1.84. The van der Waals surface area contributed by atoms with Crippen molar-refractivity contribution < 1.29 is 4.79 Å². The van der Waals surface area contributed by atoms with Crippen LogP contribution in [0.1, 0.15) is 20.8 Å². The Morgan fingerprint density at radius 3 is 3.15 bits per heavy atom. The minimum atomic E-state index is -0.0778. The molecule has 0 unspecified atom stereocenters. The monoisotopic (exact) mass is 285 g/mol. The molecule has 2 heterocycles. The lowest BCUT2D eigenvalue weighted by Gasteiger charge is -2.03. The van der Waals surface area contributed by atoms with Crippen LogP contribution in [-0.2, 0) is 6.42 Å². The van der Waals surface area contributed by atoms with Crippen molar-refractivity contribution in [3.8, 4) is 11.8 Å². The number of rotatable bonds is 4. The number of carbonyl (C=O) groups excluding carboxylic acids is 1. The summed E-state index contributed by atoms with van der Waals surface area (Å²) in [4.78, 5) is 16.8. The van der Waals surface area contributed by atoms with E-state index in [2.05, 4.69) is 22.1 Å². The van der Waals surface area contributed by atoms with Crippen LogP contribution in [0, 0.1) is 11.8 Å². The van der Waals surface area contributed by atoms with E-state index in [1.807, 2.05) is 12.1 Å². The fourth-order valence-electron chi connectivity index (χ4n) is 1.63. The third-order valence-electron chi connectivity index (χ3n) is 2.60. The molecule has 0 aliphatic rings. The minimum absolute atomic E-state index is 0.0778. The van der Waals surface area contributed by atoms with E-state index in [0.29, 0.717) is 18.7 Å². The molecule has 0 saturated carbocycles. The van der Waals surface area contributed by atoms with E-state index in [4.69, 9.17) is 5.73 Å². The molecule has 0 saturated heterocycles. The first kappa shape index (κ1) is 14.3. The summed E-state index contributed by atoms with van der Waals surface area (Å²) < 4.78 is 0. The lowest BCUT2D eigenvalue weighted by Crippen LogP contribution is -2.25. The third-order valence-corrected chi connectivity index (χ3v) is 3.44. The van der Waals surface area contributed by atoms with E-state index in [-0.39, 0.29) is 5.91 Å². The highest BCUT2D eigenvalue weighted by Gasteiger charge is 2.07. The molecule has 0 fully saturated rings. The van der Waals surface area contributed by atoms with Gasteiger partial charge in [0.2, 0.25) is 0 Å².